The molecule has 0 radical (unpaired) electrons. The van der Waals surface area contributed by atoms with Crippen molar-refractivity contribution < 1.29 is 0 Å². The molecule has 0 atom stereocenters. The predicted molar refractivity (Wildman–Crippen MR) is 76.3 cm³/mol. The second kappa shape index (κ2) is 5.98. The van der Waals surface area contributed by atoms with Gasteiger partial charge in [0, 0.05) is 24.8 Å². The van der Waals surface area contributed by atoms with Crippen LogP contribution in [0.1, 0.15) is 12.8 Å². The Kier molecular flexibility index (Phi) is 4.34. The van der Waals surface area contributed by atoms with Crippen molar-refractivity contribution in [3.8, 4) is 0 Å². The van der Waals surface area contributed by atoms with Gasteiger partial charge in [0.1, 0.15) is 0 Å². The molecule has 2 N–H and O–H groups in total. The molecule has 1 aromatic rings. The molecular formula is C13H19N3S. The summed E-state index contributed by atoms with van der Waals surface area (Å²) >= 11 is 5.23. The number of benzene rings is 1. The van der Waals surface area contributed by atoms with Crippen molar-refractivity contribution in [3.63, 3.8) is 0 Å². The second-order valence-corrected chi connectivity index (χ2v) is 4.87. The van der Waals surface area contributed by atoms with Gasteiger partial charge in [-0.3, -0.25) is 0 Å². The smallest absolute Gasteiger partial charge is 0.170 e. The van der Waals surface area contributed by atoms with Crippen molar-refractivity contribution in [1.82, 2.24) is 10.2 Å². The molecule has 0 aliphatic heterocycles. The molecule has 3 nitrogen and oxygen atoms in total. The van der Waals surface area contributed by atoms with Crippen molar-refractivity contribution in [1.29, 1.82) is 0 Å². The highest BCUT2D eigenvalue weighted by Crippen LogP contribution is 2.24. The van der Waals surface area contributed by atoms with Crippen LogP contribution in [0.2, 0.25) is 0 Å². The van der Waals surface area contributed by atoms with Gasteiger partial charge in [0.15, 0.2) is 5.11 Å². The van der Waals surface area contributed by atoms with E-state index in [4.69, 9.17) is 12.2 Å². The molecule has 1 saturated carbocycles. The SMILES string of the molecule is CN(CCNC(=S)Nc1ccccc1)C1CC1. The minimum Gasteiger partial charge on any atom is -0.361 e. The standard InChI is InChI=1S/C13H19N3S/c1-16(12-7-8-12)10-9-14-13(17)15-11-5-3-2-4-6-11/h2-6,12H,7-10H2,1H3,(H2,14,15,17). The Balaban J connectivity index is 1.64. The van der Waals surface area contributed by atoms with Gasteiger partial charge in [-0.15, -0.1) is 0 Å². The summed E-state index contributed by atoms with van der Waals surface area (Å²) in [5.74, 6) is 0. The lowest BCUT2D eigenvalue weighted by molar-refractivity contribution is 0.329. The molecule has 17 heavy (non-hydrogen) atoms. The normalized spacial score (nSPS) is 14.7. The highest BCUT2D eigenvalue weighted by atomic mass is 32.1. The van der Waals surface area contributed by atoms with Crippen LogP contribution in [-0.4, -0.2) is 36.2 Å². The largest absolute Gasteiger partial charge is 0.361 e. The first-order valence-electron chi connectivity index (χ1n) is 6.06. The van der Waals surface area contributed by atoms with Crippen molar-refractivity contribution in [3.05, 3.63) is 30.3 Å². The first-order chi connectivity index (χ1) is 8.25. The molecule has 1 aliphatic carbocycles. The monoisotopic (exact) mass is 249 g/mol. The summed E-state index contributed by atoms with van der Waals surface area (Å²) in [7, 11) is 2.17. The zero-order valence-electron chi connectivity index (χ0n) is 10.1. The van der Waals surface area contributed by atoms with E-state index in [1.54, 1.807) is 0 Å². The number of hydrogen-bond acceptors (Lipinski definition) is 2. The van der Waals surface area contributed by atoms with Gasteiger partial charge in [0.05, 0.1) is 0 Å². The quantitative estimate of drug-likeness (QED) is 0.781. The van der Waals surface area contributed by atoms with Crippen molar-refractivity contribution in [2.75, 3.05) is 25.5 Å². The number of para-hydroxylation sites is 1. The Morgan fingerprint density at radius 2 is 2.06 bits per heavy atom. The molecule has 92 valence electrons. The van der Waals surface area contributed by atoms with E-state index in [1.165, 1.54) is 12.8 Å². The molecule has 0 unspecified atom stereocenters. The van der Waals surface area contributed by atoms with Gasteiger partial charge in [0.25, 0.3) is 0 Å². The molecule has 4 heteroatoms. The highest BCUT2D eigenvalue weighted by Gasteiger charge is 2.25. The Bertz CT molecular complexity index is 362. The Labute approximate surface area is 108 Å². The van der Waals surface area contributed by atoms with Crippen LogP contribution in [0.15, 0.2) is 30.3 Å². The van der Waals surface area contributed by atoms with E-state index in [0.29, 0.717) is 5.11 Å². The minimum absolute atomic E-state index is 0.695. The fourth-order valence-corrected chi connectivity index (χ4v) is 1.96. The van der Waals surface area contributed by atoms with Crippen LogP contribution in [0.3, 0.4) is 0 Å². The molecule has 0 spiro atoms. The predicted octanol–water partition coefficient (Wildman–Crippen LogP) is 2.07. The lowest BCUT2D eigenvalue weighted by Gasteiger charge is -2.17. The average molecular weight is 249 g/mol. The van der Waals surface area contributed by atoms with Gasteiger partial charge in [-0.25, -0.2) is 0 Å². The third-order valence-corrected chi connectivity index (χ3v) is 3.20. The van der Waals surface area contributed by atoms with Crippen LogP contribution in [-0.2, 0) is 0 Å². The maximum Gasteiger partial charge on any atom is 0.170 e. The first-order valence-corrected chi connectivity index (χ1v) is 6.46. The molecule has 0 bridgehead atoms. The van der Waals surface area contributed by atoms with E-state index < -0.39 is 0 Å². The number of nitrogens with one attached hydrogen (secondary N) is 2. The lowest BCUT2D eigenvalue weighted by atomic mass is 10.3. The number of anilines is 1. The molecule has 0 aromatic heterocycles. The summed E-state index contributed by atoms with van der Waals surface area (Å²) in [4.78, 5) is 2.39. The zero-order valence-corrected chi connectivity index (χ0v) is 11.0. The van der Waals surface area contributed by atoms with E-state index >= 15 is 0 Å². The molecule has 1 aromatic carbocycles. The fourth-order valence-electron chi connectivity index (χ4n) is 1.74. The number of hydrogen-bond donors (Lipinski definition) is 2. The molecule has 0 saturated heterocycles. The first kappa shape index (κ1) is 12.3. The number of likely N-dealkylation sites (N-methyl/N-ethyl adjacent to an activating group) is 1. The van der Waals surface area contributed by atoms with Crippen LogP contribution in [0.5, 0.6) is 0 Å². The second-order valence-electron chi connectivity index (χ2n) is 4.46. The highest BCUT2D eigenvalue weighted by molar-refractivity contribution is 7.80. The summed E-state index contributed by atoms with van der Waals surface area (Å²) in [6, 6.07) is 10.8. The van der Waals surface area contributed by atoms with Crippen LogP contribution in [0.4, 0.5) is 5.69 Å². The van der Waals surface area contributed by atoms with Crippen LogP contribution < -0.4 is 10.6 Å². The topological polar surface area (TPSA) is 27.3 Å². The summed E-state index contributed by atoms with van der Waals surface area (Å²) in [5.41, 5.74) is 1.03. The van der Waals surface area contributed by atoms with E-state index in [9.17, 15) is 0 Å². The Hall–Kier alpha value is -1.13. The summed E-state index contributed by atoms with van der Waals surface area (Å²) in [6.07, 6.45) is 2.70. The summed E-state index contributed by atoms with van der Waals surface area (Å²) < 4.78 is 0. The average Bonchev–Trinajstić information content (AvgIpc) is 3.14. The van der Waals surface area contributed by atoms with Crippen LogP contribution in [0, 0.1) is 0 Å². The third-order valence-electron chi connectivity index (χ3n) is 2.95. The third kappa shape index (κ3) is 4.32. The summed E-state index contributed by atoms with van der Waals surface area (Å²) in [5, 5.41) is 7.08. The molecule has 2 rings (SSSR count). The zero-order chi connectivity index (χ0) is 12.1. The maximum atomic E-state index is 5.23. The van der Waals surface area contributed by atoms with Gasteiger partial charge in [-0.2, -0.15) is 0 Å². The van der Waals surface area contributed by atoms with Crippen molar-refractivity contribution in [2.45, 2.75) is 18.9 Å². The molecular weight excluding hydrogens is 230 g/mol. The van der Waals surface area contributed by atoms with E-state index in [1.807, 2.05) is 30.3 Å². The number of thiocarbonyl (C=S) groups is 1. The molecule has 0 amide bonds. The van der Waals surface area contributed by atoms with Gasteiger partial charge >= 0.3 is 0 Å². The van der Waals surface area contributed by atoms with Gasteiger partial charge < -0.3 is 15.5 Å². The Morgan fingerprint density at radius 3 is 2.71 bits per heavy atom. The van der Waals surface area contributed by atoms with Gasteiger partial charge in [0.2, 0.25) is 0 Å². The van der Waals surface area contributed by atoms with E-state index in [2.05, 4.69) is 22.6 Å². The van der Waals surface area contributed by atoms with Crippen molar-refractivity contribution in [2.24, 2.45) is 0 Å². The van der Waals surface area contributed by atoms with Gasteiger partial charge in [-0.05, 0) is 44.2 Å². The van der Waals surface area contributed by atoms with Crippen LogP contribution in [0.25, 0.3) is 0 Å². The van der Waals surface area contributed by atoms with Gasteiger partial charge in [-0.1, -0.05) is 18.2 Å². The summed E-state index contributed by atoms with van der Waals surface area (Å²) in [6.45, 7) is 1.94. The molecule has 0 heterocycles. The van der Waals surface area contributed by atoms with Crippen LogP contribution >= 0.6 is 12.2 Å². The molecule has 1 fully saturated rings. The minimum atomic E-state index is 0.695. The van der Waals surface area contributed by atoms with Crippen molar-refractivity contribution >= 4 is 23.0 Å². The van der Waals surface area contributed by atoms with E-state index in [0.717, 1.165) is 24.8 Å². The lowest BCUT2D eigenvalue weighted by Crippen LogP contribution is -2.36. The van der Waals surface area contributed by atoms with E-state index in [-0.39, 0.29) is 0 Å². The number of nitrogens with zero attached hydrogens (tertiary/aromatic N) is 1. The maximum absolute atomic E-state index is 5.23. The molecule has 1 aliphatic rings. The fraction of sp³-hybridized carbons (Fsp3) is 0.462. The Morgan fingerprint density at radius 1 is 1.35 bits per heavy atom. The number of rotatable bonds is 5.